The van der Waals surface area contributed by atoms with Gasteiger partial charge in [0.05, 0.1) is 13.1 Å². The number of carboxylic acid groups (broad SMARTS) is 1. The normalized spacial score (nSPS) is 9.18. The molecule has 5 heteroatoms. The third-order valence-electron chi connectivity index (χ3n) is 0.936. The van der Waals surface area contributed by atoms with Crippen molar-refractivity contribution in [2.24, 2.45) is 0 Å². The highest BCUT2D eigenvalue weighted by molar-refractivity contribution is 5.78. The van der Waals surface area contributed by atoms with Crippen molar-refractivity contribution < 1.29 is 14.7 Å². The quantitative estimate of drug-likeness (QED) is 0.472. The van der Waals surface area contributed by atoms with Crippen LogP contribution >= 0.6 is 0 Å². The molecule has 0 aliphatic heterocycles. The van der Waals surface area contributed by atoms with Gasteiger partial charge in [-0.2, -0.15) is 0 Å². The fourth-order valence-corrected chi connectivity index (χ4v) is 0.543. The molecule has 0 unspecified atom stereocenters. The van der Waals surface area contributed by atoms with Crippen LogP contribution in [0.15, 0.2) is 0 Å². The first-order chi connectivity index (χ1) is 5.16. The summed E-state index contributed by atoms with van der Waals surface area (Å²) in [7, 11) is 0. The van der Waals surface area contributed by atoms with E-state index < -0.39 is 5.97 Å². The summed E-state index contributed by atoms with van der Waals surface area (Å²) in [4.78, 5) is 20.6. The Labute approximate surface area is 64.8 Å². The lowest BCUT2D eigenvalue weighted by Gasteiger charge is -2.01. The van der Waals surface area contributed by atoms with Crippen LogP contribution in [-0.2, 0) is 9.59 Å². The average molecular weight is 160 g/mol. The monoisotopic (exact) mass is 160 g/mol. The van der Waals surface area contributed by atoms with Gasteiger partial charge in [-0.3, -0.25) is 14.9 Å². The number of aliphatic carboxylic acids is 1. The van der Waals surface area contributed by atoms with Crippen molar-refractivity contribution in [3.63, 3.8) is 0 Å². The second-order valence-electron chi connectivity index (χ2n) is 1.95. The van der Waals surface area contributed by atoms with Gasteiger partial charge >= 0.3 is 5.97 Å². The Morgan fingerprint density at radius 2 is 2.00 bits per heavy atom. The van der Waals surface area contributed by atoms with Crippen LogP contribution in [0.3, 0.4) is 0 Å². The van der Waals surface area contributed by atoms with Crippen molar-refractivity contribution in [3.8, 4) is 0 Å². The van der Waals surface area contributed by atoms with E-state index in [4.69, 9.17) is 5.11 Å². The molecular formula is C6H12N2O3. The van der Waals surface area contributed by atoms with E-state index in [0.29, 0.717) is 6.54 Å². The predicted molar refractivity (Wildman–Crippen MR) is 39.2 cm³/mol. The number of rotatable bonds is 5. The van der Waals surface area contributed by atoms with Gasteiger partial charge < -0.3 is 10.4 Å². The van der Waals surface area contributed by atoms with Crippen LogP contribution in [0.5, 0.6) is 0 Å². The molecule has 0 heterocycles. The zero-order valence-corrected chi connectivity index (χ0v) is 6.39. The number of carboxylic acids is 1. The molecule has 5 nitrogen and oxygen atoms in total. The fraction of sp³-hybridized carbons (Fsp3) is 0.667. The van der Waals surface area contributed by atoms with E-state index in [1.807, 2.05) is 0 Å². The topological polar surface area (TPSA) is 78.4 Å². The molecule has 3 N–H and O–H groups in total. The molecule has 0 radical (unpaired) electrons. The molecule has 0 fully saturated rings. The molecule has 0 bridgehead atoms. The van der Waals surface area contributed by atoms with Crippen molar-refractivity contribution in [1.82, 2.24) is 10.6 Å². The van der Waals surface area contributed by atoms with Gasteiger partial charge in [-0.15, -0.1) is 0 Å². The number of amides is 1. The summed E-state index contributed by atoms with van der Waals surface area (Å²) < 4.78 is 0. The summed E-state index contributed by atoms with van der Waals surface area (Å²) in [5.41, 5.74) is 0. The molecule has 64 valence electrons. The minimum Gasteiger partial charge on any atom is -0.480 e. The molecule has 0 aliphatic carbocycles. The molecule has 0 spiro atoms. The lowest BCUT2D eigenvalue weighted by Crippen LogP contribution is -2.35. The van der Waals surface area contributed by atoms with Crippen molar-refractivity contribution >= 4 is 11.9 Å². The second-order valence-corrected chi connectivity index (χ2v) is 1.95. The summed E-state index contributed by atoms with van der Waals surface area (Å²) in [6.45, 7) is 2.24. The molecule has 0 atom stereocenters. The van der Waals surface area contributed by atoms with Gasteiger partial charge in [-0.1, -0.05) is 0 Å². The zero-order valence-electron chi connectivity index (χ0n) is 6.39. The van der Waals surface area contributed by atoms with Crippen LogP contribution in [0.25, 0.3) is 0 Å². The Morgan fingerprint density at radius 1 is 1.36 bits per heavy atom. The smallest absolute Gasteiger partial charge is 0.317 e. The number of hydrogen-bond acceptors (Lipinski definition) is 3. The Balaban J connectivity index is 3.24. The van der Waals surface area contributed by atoms with E-state index in [9.17, 15) is 9.59 Å². The van der Waals surface area contributed by atoms with Gasteiger partial charge in [0.25, 0.3) is 0 Å². The first kappa shape index (κ1) is 9.90. The number of nitrogens with one attached hydrogen (secondary N) is 2. The lowest BCUT2D eigenvalue weighted by molar-refractivity contribution is -0.136. The minimum atomic E-state index is -0.964. The maximum atomic E-state index is 10.7. The van der Waals surface area contributed by atoms with Crippen molar-refractivity contribution in [1.29, 1.82) is 0 Å². The molecule has 1 amide bonds. The Kier molecular flexibility index (Phi) is 5.10. The van der Waals surface area contributed by atoms with Crippen LogP contribution < -0.4 is 10.6 Å². The van der Waals surface area contributed by atoms with Crippen molar-refractivity contribution in [3.05, 3.63) is 0 Å². The molecule has 11 heavy (non-hydrogen) atoms. The minimum absolute atomic E-state index is 0.0557. The van der Waals surface area contributed by atoms with E-state index in [0.717, 1.165) is 0 Å². The highest BCUT2D eigenvalue weighted by Crippen LogP contribution is 1.64. The summed E-state index contributed by atoms with van der Waals surface area (Å²) >= 11 is 0. The van der Waals surface area contributed by atoms with E-state index >= 15 is 0 Å². The Bertz CT molecular complexity index is 147. The molecular weight excluding hydrogens is 148 g/mol. The van der Waals surface area contributed by atoms with Crippen molar-refractivity contribution in [2.75, 3.05) is 19.6 Å². The van der Waals surface area contributed by atoms with Crippen LogP contribution in [0, 0.1) is 0 Å². The highest BCUT2D eigenvalue weighted by atomic mass is 16.4. The van der Waals surface area contributed by atoms with Gasteiger partial charge in [0.2, 0.25) is 5.91 Å². The third-order valence-corrected chi connectivity index (χ3v) is 0.936. The molecule has 0 aromatic rings. The van der Waals surface area contributed by atoms with Crippen LogP contribution in [-0.4, -0.2) is 36.6 Å². The number of hydrogen-bond donors (Lipinski definition) is 3. The molecule has 0 aromatic carbocycles. The summed E-state index contributed by atoms with van der Waals surface area (Å²) in [5, 5.41) is 13.1. The van der Waals surface area contributed by atoms with Crippen LogP contribution in [0.1, 0.15) is 6.92 Å². The standard InChI is InChI=1S/C6H12N2O3/c1-2-8-5(9)3-7-4-6(10)11/h7H,2-4H2,1H3,(H,8,9)(H,10,11). The zero-order chi connectivity index (χ0) is 8.69. The number of carbonyl (C=O) groups is 2. The van der Waals surface area contributed by atoms with E-state index in [1.54, 1.807) is 6.92 Å². The molecule has 0 rings (SSSR count). The van der Waals surface area contributed by atoms with E-state index in [2.05, 4.69) is 10.6 Å². The maximum absolute atomic E-state index is 10.7. The maximum Gasteiger partial charge on any atom is 0.317 e. The van der Waals surface area contributed by atoms with Gasteiger partial charge in [0, 0.05) is 6.54 Å². The summed E-state index contributed by atoms with van der Waals surface area (Å²) in [6.07, 6.45) is 0. The van der Waals surface area contributed by atoms with Crippen LogP contribution in [0.4, 0.5) is 0 Å². The van der Waals surface area contributed by atoms with E-state index in [1.165, 1.54) is 0 Å². The lowest BCUT2D eigenvalue weighted by atomic mass is 10.5. The first-order valence-electron chi connectivity index (χ1n) is 3.36. The second kappa shape index (κ2) is 5.67. The molecule has 0 aromatic heterocycles. The number of likely N-dealkylation sites (N-methyl/N-ethyl adjacent to an activating group) is 1. The number of carbonyl (C=O) groups excluding carboxylic acids is 1. The van der Waals surface area contributed by atoms with Crippen LogP contribution in [0.2, 0.25) is 0 Å². The highest BCUT2D eigenvalue weighted by Gasteiger charge is 1.99. The molecule has 0 aliphatic rings. The van der Waals surface area contributed by atoms with Gasteiger partial charge in [-0.25, -0.2) is 0 Å². The van der Waals surface area contributed by atoms with E-state index in [-0.39, 0.29) is 19.0 Å². The third kappa shape index (κ3) is 6.79. The van der Waals surface area contributed by atoms with Gasteiger partial charge in [0.1, 0.15) is 0 Å². The Hall–Kier alpha value is -1.10. The Morgan fingerprint density at radius 3 is 2.45 bits per heavy atom. The SMILES string of the molecule is CCNC(=O)CNCC(=O)O. The van der Waals surface area contributed by atoms with Gasteiger partial charge in [-0.05, 0) is 6.92 Å². The summed E-state index contributed by atoms with van der Waals surface area (Å²) in [6, 6.07) is 0. The molecule has 0 saturated carbocycles. The van der Waals surface area contributed by atoms with Gasteiger partial charge in [0.15, 0.2) is 0 Å². The first-order valence-corrected chi connectivity index (χ1v) is 3.36. The predicted octanol–water partition coefficient (Wildman–Crippen LogP) is -1.20. The average Bonchev–Trinajstić information content (AvgIpc) is 1.87. The largest absolute Gasteiger partial charge is 0.480 e. The van der Waals surface area contributed by atoms with Crippen molar-refractivity contribution in [2.45, 2.75) is 6.92 Å². The molecule has 0 saturated heterocycles. The summed E-state index contributed by atoms with van der Waals surface area (Å²) in [5.74, 6) is -1.15. The fourth-order valence-electron chi connectivity index (χ4n) is 0.543.